The van der Waals surface area contributed by atoms with Crippen LogP contribution in [0.5, 0.6) is 5.75 Å². The molecule has 1 heterocycles. The molecule has 2 aromatic carbocycles. The zero-order valence-corrected chi connectivity index (χ0v) is 15.7. The summed E-state index contributed by atoms with van der Waals surface area (Å²) in [4.78, 5) is 23.9. The summed E-state index contributed by atoms with van der Waals surface area (Å²) in [6, 6.07) is 12.5. The number of halogens is 1. The lowest BCUT2D eigenvalue weighted by molar-refractivity contribution is -0.130. The lowest BCUT2D eigenvalue weighted by Crippen LogP contribution is -2.46. The van der Waals surface area contributed by atoms with Crippen LogP contribution >= 0.6 is 11.6 Å². The number of hydrazine groups is 1. The predicted octanol–water partition coefficient (Wildman–Crippen LogP) is 3.17. The van der Waals surface area contributed by atoms with E-state index in [-0.39, 0.29) is 11.8 Å². The quantitative estimate of drug-likeness (QED) is 0.771. The first-order valence-corrected chi connectivity index (χ1v) is 9.10. The van der Waals surface area contributed by atoms with Crippen LogP contribution < -0.4 is 15.6 Å². The maximum atomic E-state index is 12.1. The molecule has 142 valence electrons. The van der Waals surface area contributed by atoms with Crippen molar-refractivity contribution in [1.82, 2.24) is 10.9 Å². The fourth-order valence-corrected chi connectivity index (χ4v) is 2.80. The minimum atomic E-state index is -0.485. The summed E-state index contributed by atoms with van der Waals surface area (Å²) in [7, 11) is 0. The fraction of sp³-hybridized carbons (Fsp3) is 0.300. The maximum Gasteiger partial charge on any atom is 0.269 e. The summed E-state index contributed by atoms with van der Waals surface area (Å²) in [5.74, 6) is 0.0156. The number of rotatable bonds is 5. The van der Waals surface area contributed by atoms with Crippen LogP contribution in [0, 0.1) is 6.92 Å². The minimum Gasteiger partial charge on any atom is -0.489 e. The Morgan fingerprint density at radius 3 is 2.63 bits per heavy atom. The highest BCUT2D eigenvalue weighted by molar-refractivity contribution is 6.31. The number of benzene rings is 2. The molecule has 2 amide bonds. The molecule has 0 unspecified atom stereocenters. The summed E-state index contributed by atoms with van der Waals surface area (Å²) in [5.41, 5.74) is 7.11. The van der Waals surface area contributed by atoms with Gasteiger partial charge in [0.2, 0.25) is 0 Å². The van der Waals surface area contributed by atoms with Crippen LogP contribution in [-0.4, -0.2) is 24.5 Å². The molecular formula is C20H21ClN2O4. The molecule has 3 rings (SSSR count). The van der Waals surface area contributed by atoms with Gasteiger partial charge in [0, 0.05) is 17.2 Å². The molecule has 0 bridgehead atoms. The van der Waals surface area contributed by atoms with Crippen molar-refractivity contribution in [3.05, 3.63) is 64.2 Å². The highest BCUT2D eigenvalue weighted by atomic mass is 35.5. The van der Waals surface area contributed by atoms with Crippen LogP contribution in [0.2, 0.25) is 5.02 Å². The van der Waals surface area contributed by atoms with Crippen LogP contribution in [0.4, 0.5) is 0 Å². The van der Waals surface area contributed by atoms with E-state index >= 15 is 0 Å². The second-order valence-corrected chi connectivity index (χ2v) is 6.75. The van der Waals surface area contributed by atoms with Crippen molar-refractivity contribution in [3.63, 3.8) is 0 Å². The number of nitrogens with one attached hydrogen (secondary N) is 2. The highest BCUT2D eigenvalue weighted by Gasteiger charge is 2.23. The molecule has 0 spiro atoms. The molecule has 27 heavy (non-hydrogen) atoms. The van der Waals surface area contributed by atoms with Crippen molar-refractivity contribution in [1.29, 1.82) is 0 Å². The average Bonchev–Trinajstić information content (AvgIpc) is 3.22. The average molecular weight is 389 g/mol. The zero-order chi connectivity index (χ0) is 19.2. The lowest BCUT2D eigenvalue weighted by atomic mass is 10.1. The SMILES string of the molecule is Cc1cc(OCc2ccc(C(=O)NNC(=O)[C@H]3CCCO3)cc2)ccc1Cl. The maximum absolute atomic E-state index is 12.1. The highest BCUT2D eigenvalue weighted by Crippen LogP contribution is 2.22. The number of hydrogen-bond acceptors (Lipinski definition) is 4. The van der Waals surface area contributed by atoms with Crippen molar-refractivity contribution in [2.45, 2.75) is 32.5 Å². The van der Waals surface area contributed by atoms with Crippen LogP contribution in [-0.2, 0) is 16.1 Å². The van der Waals surface area contributed by atoms with Gasteiger partial charge in [-0.15, -0.1) is 0 Å². The lowest BCUT2D eigenvalue weighted by Gasteiger charge is -2.12. The molecule has 0 aromatic heterocycles. The van der Waals surface area contributed by atoms with Crippen LogP contribution in [0.25, 0.3) is 0 Å². The van der Waals surface area contributed by atoms with E-state index in [1.54, 1.807) is 30.3 Å². The van der Waals surface area contributed by atoms with Gasteiger partial charge in [-0.3, -0.25) is 20.4 Å². The van der Waals surface area contributed by atoms with E-state index in [2.05, 4.69) is 10.9 Å². The first-order valence-electron chi connectivity index (χ1n) is 8.72. The fourth-order valence-electron chi connectivity index (χ4n) is 2.68. The van der Waals surface area contributed by atoms with Gasteiger partial charge in [0.1, 0.15) is 18.5 Å². The normalized spacial score (nSPS) is 16.0. The van der Waals surface area contributed by atoms with Gasteiger partial charge in [-0.2, -0.15) is 0 Å². The molecule has 7 heteroatoms. The molecule has 2 aromatic rings. The molecule has 1 aliphatic heterocycles. The van der Waals surface area contributed by atoms with Gasteiger partial charge in [0.25, 0.3) is 11.8 Å². The van der Waals surface area contributed by atoms with Crippen LogP contribution in [0.3, 0.4) is 0 Å². The van der Waals surface area contributed by atoms with Crippen molar-refractivity contribution < 1.29 is 19.1 Å². The van der Waals surface area contributed by atoms with Crippen LogP contribution in [0.1, 0.15) is 34.3 Å². The molecule has 0 radical (unpaired) electrons. The second-order valence-electron chi connectivity index (χ2n) is 6.34. The number of aryl methyl sites for hydroxylation is 1. The smallest absolute Gasteiger partial charge is 0.269 e. The van der Waals surface area contributed by atoms with Gasteiger partial charge in [-0.25, -0.2) is 0 Å². The number of ether oxygens (including phenoxy) is 2. The summed E-state index contributed by atoms with van der Waals surface area (Å²) < 4.78 is 11.0. The van der Waals surface area contributed by atoms with Crippen molar-refractivity contribution in [2.75, 3.05) is 6.61 Å². The number of carbonyl (C=O) groups is 2. The molecule has 0 aliphatic carbocycles. The molecule has 1 fully saturated rings. The summed E-state index contributed by atoms with van der Waals surface area (Å²) in [5, 5.41) is 0.698. The van der Waals surface area contributed by atoms with Crippen molar-refractivity contribution in [3.8, 4) is 5.75 Å². The minimum absolute atomic E-state index is 0.330. The molecule has 1 saturated heterocycles. The molecule has 2 N–H and O–H groups in total. The molecule has 0 saturated carbocycles. The second kappa shape index (κ2) is 8.88. The van der Waals surface area contributed by atoms with E-state index in [0.29, 0.717) is 30.2 Å². The van der Waals surface area contributed by atoms with E-state index in [9.17, 15) is 9.59 Å². The Morgan fingerprint density at radius 1 is 1.19 bits per heavy atom. The Morgan fingerprint density at radius 2 is 1.96 bits per heavy atom. The van der Waals surface area contributed by atoms with E-state index in [0.717, 1.165) is 23.3 Å². The largest absolute Gasteiger partial charge is 0.489 e. The number of amides is 2. The van der Waals surface area contributed by atoms with Gasteiger partial charge in [-0.1, -0.05) is 23.7 Å². The van der Waals surface area contributed by atoms with Gasteiger partial charge >= 0.3 is 0 Å². The Kier molecular flexibility index (Phi) is 6.32. The van der Waals surface area contributed by atoms with Crippen molar-refractivity contribution >= 4 is 23.4 Å². The molecule has 6 nitrogen and oxygen atoms in total. The Bertz CT molecular complexity index is 817. The molecular weight excluding hydrogens is 368 g/mol. The predicted molar refractivity (Wildman–Crippen MR) is 102 cm³/mol. The zero-order valence-electron chi connectivity index (χ0n) is 15.0. The third kappa shape index (κ3) is 5.21. The molecule has 1 aliphatic rings. The first-order chi connectivity index (χ1) is 13.0. The van der Waals surface area contributed by atoms with E-state index in [1.807, 2.05) is 19.1 Å². The van der Waals surface area contributed by atoms with E-state index in [4.69, 9.17) is 21.1 Å². The Hall–Kier alpha value is -2.57. The summed E-state index contributed by atoms with van der Waals surface area (Å²) in [6.45, 7) is 2.87. The van der Waals surface area contributed by atoms with Gasteiger partial charge in [-0.05, 0) is 61.2 Å². The number of carbonyl (C=O) groups excluding carboxylic acids is 2. The van der Waals surface area contributed by atoms with E-state index < -0.39 is 6.10 Å². The van der Waals surface area contributed by atoms with Gasteiger partial charge < -0.3 is 9.47 Å². The number of hydrogen-bond donors (Lipinski definition) is 2. The summed E-state index contributed by atoms with van der Waals surface area (Å²) >= 11 is 6.00. The van der Waals surface area contributed by atoms with Gasteiger partial charge in [0.05, 0.1) is 0 Å². The third-order valence-corrected chi connectivity index (χ3v) is 4.70. The topological polar surface area (TPSA) is 76.7 Å². The van der Waals surface area contributed by atoms with E-state index in [1.165, 1.54) is 0 Å². The monoisotopic (exact) mass is 388 g/mol. The van der Waals surface area contributed by atoms with Gasteiger partial charge in [0.15, 0.2) is 0 Å². The van der Waals surface area contributed by atoms with Crippen molar-refractivity contribution in [2.24, 2.45) is 0 Å². The Balaban J connectivity index is 1.49. The Labute approximate surface area is 162 Å². The first kappa shape index (κ1) is 19.2. The summed E-state index contributed by atoms with van der Waals surface area (Å²) in [6.07, 6.45) is 1.04. The standard InChI is InChI=1S/C20H21ClN2O4/c1-13-11-16(8-9-17(13)21)27-12-14-4-6-15(7-5-14)19(24)22-23-20(25)18-3-2-10-26-18/h4-9,11,18H,2-3,10,12H2,1H3,(H,22,24)(H,23,25)/t18-/m1/s1. The molecule has 1 atom stereocenters. The third-order valence-electron chi connectivity index (χ3n) is 4.27. The van der Waals surface area contributed by atoms with Crippen LogP contribution in [0.15, 0.2) is 42.5 Å².